The summed E-state index contributed by atoms with van der Waals surface area (Å²) in [4.78, 5) is 25.9. The molecule has 4 nitrogen and oxygen atoms in total. The highest BCUT2D eigenvalue weighted by Crippen LogP contribution is 2.31. The van der Waals surface area contributed by atoms with E-state index in [4.69, 9.17) is 4.42 Å². The van der Waals surface area contributed by atoms with Crippen molar-refractivity contribution < 1.29 is 14.0 Å². The van der Waals surface area contributed by atoms with Gasteiger partial charge in [0, 0.05) is 23.3 Å². The first-order valence-corrected chi connectivity index (χ1v) is 8.86. The number of carbonyl (C=O) groups excluding carboxylic acids is 2. The molecular formula is C18H21NO3S. The van der Waals surface area contributed by atoms with Gasteiger partial charge in [0.15, 0.2) is 11.5 Å². The molecule has 1 N–H and O–H groups in total. The van der Waals surface area contributed by atoms with Gasteiger partial charge in [-0.3, -0.25) is 9.59 Å². The predicted octanol–water partition coefficient (Wildman–Crippen LogP) is 4.30. The maximum absolute atomic E-state index is 12.7. The van der Waals surface area contributed by atoms with E-state index in [-0.39, 0.29) is 29.4 Å². The number of aryl methyl sites for hydroxylation is 1. The highest BCUT2D eigenvalue weighted by molar-refractivity contribution is 7.10. The lowest BCUT2D eigenvalue weighted by Gasteiger charge is -2.20. The van der Waals surface area contributed by atoms with Crippen LogP contribution in [0.5, 0.6) is 0 Å². The Morgan fingerprint density at radius 3 is 2.74 bits per heavy atom. The highest BCUT2D eigenvalue weighted by atomic mass is 32.1. The van der Waals surface area contributed by atoms with E-state index in [2.05, 4.69) is 19.2 Å². The molecule has 0 fully saturated rings. The first-order chi connectivity index (χ1) is 11.0. The lowest BCUT2D eigenvalue weighted by molar-refractivity contribution is 0.0893. The number of thiophene rings is 1. The Balaban J connectivity index is 1.87. The topological polar surface area (TPSA) is 59.3 Å². The normalized spacial score (nSPS) is 15.6. The Kier molecular flexibility index (Phi) is 4.39. The molecule has 122 valence electrons. The Morgan fingerprint density at radius 1 is 1.35 bits per heavy atom. The van der Waals surface area contributed by atoms with E-state index in [1.165, 1.54) is 0 Å². The molecule has 0 aromatic carbocycles. The van der Waals surface area contributed by atoms with Crippen LogP contribution in [0.1, 0.15) is 69.8 Å². The van der Waals surface area contributed by atoms with Crippen molar-refractivity contribution in [3.8, 4) is 0 Å². The van der Waals surface area contributed by atoms with Gasteiger partial charge in [0.2, 0.25) is 0 Å². The third kappa shape index (κ3) is 2.98. The van der Waals surface area contributed by atoms with Crippen molar-refractivity contribution in [2.75, 3.05) is 0 Å². The van der Waals surface area contributed by atoms with Gasteiger partial charge in [-0.1, -0.05) is 19.9 Å². The third-order valence-corrected chi connectivity index (χ3v) is 5.27. The number of fused-ring (bicyclic) bond motifs is 1. The average molecular weight is 331 g/mol. The van der Waals surface area contributed by atoms with Crippen molar-refractivity contribution in [1.82, 2.24) is 5.32 Å². The largest absolute Gasteiger partial charge is 0.455 e. The Labute approximate surface area is 139 Å². The highest BCUT2D eigenvalue weighted by Gasteiger charge is 2.30. The maximum atomic E-state index is 12.7. The van der Waals surface area contributed by atoms with Gasteiger partial charge in [0.05, 0.1) is 11.6 Å². The molecule has 0 spiro atoms. The first-order valence-electron chi connectivity index (χ1n) is 7.98. The first kappa shape index (κ1) is 16.0. The van der Waals surface area contributed by atoms with E-state index in [0.717, 1.165) is 17.7 Å². The molecular weight excluding hydrogens is 310 g/mol. The van der Waals surface area contributed by atoms with Crippen LogP contribution < -0.4 is 5.32 Å². The van der Waals surface area contributed by atoms with E-state index in [0.29, 0.717) is 23.3 Å². The zero-order valence-corrected chi connectivity index (χ0v) is 14.5. The molecule has 2 aromatic rings. The molecule has 0 bridgehead atoms. The molecule has 1 atom stereocenters. The van der Waals surface area contributed by atoms with Gasteiger partial charge in [-0.05, 0) is 30.7 Å². The van der Waals surface area contributed by atoms with Gasteiger partial charge in [0.1, 0.15) is 5.76 Å². The predicted molar refractivity (Wildman–Crippen MR) is 90.1 cm³/mol. The zero-order chi connectivity index (χ0) is 16.6. The molecule has 23 heavy (non-hydrogen) atoms. The van der Waals surface area contributed by atoms with Crippen molar-refractivity contribution in [2.24, 2.45) is 5.92 Å². The number of furan rings is 1. The lowest BCUT2D eigenvalue weighted by Crippen LogP contribution is -2.31. The lowest BCUT2D eigenvalue weighted by atomic mass is 9.94. The summed E-state index contributed by atoms with van der Waals surface area (Å²) in [6, 6.07) is 3.95. The fraction of sp³-hybridized carbons (Fsp3) is 0.444. The molecule has 1 unspecified atom stereocenters. The Morgan fingerprint density at radius 2 is 2.13 bits per heavy atom. The number of hydrogen-bond donors (Lipinski definition) is 1. The summed E-state index contributed by atoms with van der Waals surface area (Å²) < 4.78 is 5.74. The second-order valence-electron chi connectivity index (χ2n) is 6.34. The van der Waals surface area contributed by atoms with E-state index >= 15 is 0 Å². The van der Waals surface area contributed by atoms with Gasteiger partial charge < -0.3 is 9.73 Å². The van der Waals surface area contributed by atoms with Crippen molar-refractivity contribution in [3.63, 3.8) is 0 Å². The SMILES string of the molecule is Cc1c(C(=O)NC(c2cccs2)C(C)C)oc2c1C(=O)CCC2. The molecule has 1 aliphatic carbocycles. The molecule has 1 amide bonds. The minimum atomic E-state index is -0.239. The average Bonchev–Trinajstić information content (AvgIpc) is 3.13. The van der Waals surface area contributed by atoms with Gasteiger partial charge >= 0.3 is 0 Å². The Bertz CT molecular complexity index is 728. The van der Waals surface area contributed by atoms with Crippen molar-refractivity contribution in [3.05, 3.63) is 45.0 Å². The number of nitrogens with one attached hydrogen (secondary N) is 1. The molecule has 2 heterocycles. The number of Topliss-reactive ketones (excluding diaryl/α,β-unsaturated/α-hetero) is 1. The summed E-state index contributed by atoms with van der Waals surface area (Å²) in [6.45, 7) is 5.96. The van der Waals surface area contributed by atoms with Crippen LogP contribution >= 0.6 is 11.3 Å². The number of hydrogen-bond acceptors (Lipinski definition) is 4. The van der Waals surface area contributed by atoms with Crippen LogP contribution in [0.15, 0.2) is 21.9 Å². The van der Waals surface area contributed by atoms with Gasteiger partial charge in [0.25, 0.3) is 5.91 Å². The summed E-state index contributed by atoms with van der Waals surface area (Å²) >= 11 is 1.63. The van der Waals surface area contributed by atoms with Crippen LogP contribution in [0, 0.1) is 12.8 Å². The molecule has 0 saturated heterocycles. The molecule has 0 aliphatic heterocycles. The molecule has 3 rings (SSSR count). The minimum absolute atomic E-state index is 0.0558. The number of amides is 1. The number of rotatable bonds is 4. The number of ketones is 1. The van der Waals surface area contributed by atoms with E-state index in [1.54, 1.807) is 18.3 Å². The maximum Gasteiger partial charge on any atom is 0.287 e. The van der Waals surface area contributed by atoms with E-state index in [9.17, 15) is 9.59 Å². The fourth-order valence-electron chi connectivity index (χ4n) is 3.11. The van der Waals surface area contributed by atoms with Crippen LogP contribution in [-0.2, 0) is 6.42 Å². The van der Waals surface area contributed by atoms with Gasteiger partial charge in [-0.15, -0.1) is 11.3 Å². The number of carbonyl (C=O) groups is 2. The van der Waals surface area contributed by atoms with Crippen LogP contribution in [0.25, 0.3) is 0 Å². The van der Waals surface area contributed by atoms with Crippen LogP contribution in [0.3, 0.4) is 0 Å². The summed E-state index contributed by atoms with van der Waals surface area (Å²) in [5, 5.41) is 5.07. The monoisotopic (exact) mass is 331 g/mol. The second-order valence-corrected chi connectivity index (χ2v) is 7.32. The van der Waals surface area contributed by atoms with Crippen molar-refractivity contribution in [1.29, 1.82) is 0 Å². The summed E-state index contributed by atoms with van der Waals surface area (Å²) in [7, 11) is 0. The zero-order valence-electron chi connectivity index (χ0n) is 13.6. The summed E-state index contributed by atoms with van der Waals surface area (Å²) in [5.74, 6) is 1.07. The summed E-state index contributed by atoms with van der Waals surface area (Å²) in [6.07, 6.45) is 2.07. The third-order valence-electron chi connectivity index (χ3n) is 4.32. The summed E-state index contributed by atoms with van der Waals surface area (Å²) in [5.41, 5.74) is 1.30. The standard InChI is InChI=1S/C18H21NO3S/c1-10(2)16(14-8-5-9-23-14)19-18(21)17-11(3)15-12(20)6-4-7-13(15)22-17/h5,8-10,16H,4,6-7H2,1-3H3,(H,19,21). The van der Waals surface area contributed by atoms with Crippen molar-refractivity contribution in [2.45, 2.75) is 46.1 Å². The molecule has 1 aliphatic rings. The molecule has 2 aromatic heterocycles. The van der Waals surface area contributed by atoms with E-state index in [1.807, 2.05) is 17.5 Å². The van der Waals surface area contributed by atoms with Gasteiger partial charge in [-0.2, -0.15) is 0 Å². The Hall–Kier alpha value is -1.88. The second kappa shape index (κ2) is 6.32. The molecule has 5 heteroatoms. The molecule has 0 radical (unpaired) electrons. The van der Waals surface area contributed by atoms with Crippen LogP contribution in [-0.4, -0.2) is 11.7 Å². The van der Waals surface area contributed by atoms with Gasteiger partial charge in [-0.25, -0.2) is 0 Å². The smallest absolute Gasteiger partial charge is 0.287 e. The van der Waals surface area contributed by atoms with Crippen molar-refractivity contribution >= 4 is 23.0 Å². The van der Waals surface area contributed by atoms with E-state index < -0.39 is 0 Å². The quantitative estimate of drug-likeness (QED) is 0.909. The van der Waals surface area contributed by atoms with Crippen LogP contribution in [0.2, 0.25) is 0 Å². The van der Waals surface area contributed by atoms with Crippen LogP contribution in [0.4, 0.5) is 0 Å². The fourth-order valence-corrected chi connectivity index (χ4v) is 4.06. The molecule has 0 saturated carbocycles. The minimum Gasteiger partial charge on any atom is -0.455 e.